The topological polar surface area (TPSA) is 24.1 Å². The van der Waals surface area contributed by atoms with Crippen LogP contribution in [0.3, 0.4) is 0 Å². The summed E-state index contributed by atoms with van der Waals surface area (Å²) in [6.45, 7) is 6.97. The molecule has 1 aliphatic heterocycles. The van der Waals surface area contributed by atoms with Gasteiger partial charge in [0.05, 0.1) is 0 Å². The average molecular weight is 257 g/mol. The van der Waals surface area contributed by atoms with Crippen LogP contribution in [0.1, 0.15) is 23.5 Å². The van der Waals surface area contributed by atoms with Crippen molar-refractivity contribution < 1.29 is 0 Å². The van der Waals surface area contributed by atoms with Crippen molar-refractivity contribution in [3.05, 3.63) is 46.3 Å². The Morgan fingerprint density at radius 1 is 1.62 bits per heavy atom. The molecule has 0 spiro atoms. The number of thiophene rings is 1. The van der Waals surface area contributed by atoms with Gasteiger partial charge in [-0.2, -0.15) is 0 Å². The van der Waals surface area contributed by atoms with Crippen molar-refractivity contribution >= 4 is 23.7 Å². The Bertz CT molecular complexity index is 384. The van der Waals surface area contributed by atoms with Gasteiger partial charge in [-0.05, 0) is 24.6 Å². The summed E-state index contributed by atoms with van der Waals surface area (Å²) in [6.07, 6.45) is 5.34. The van der Waals surface area contributed by atoms with Crippen LogP contribution < -0.4 is 10.6 Å². The lowest BCUT2D eigenvalue weighted by molar-refractivity contribution is 0.497. The molecular weight excluding hydrogens is 240 g/mol. The zero-order chi connectivity index (χ0) is 10.7. The summed E-state index contributed by atoms with van der Waals surface area (Å²) in [7, 11) is 0. The molecule has 1 unspecified atom stereocenters. The minimum absolute atomic E-state index is 0. The fraction of sp³-hybridized carbons (Fsp3) is 0.333. The largest absolute Gasteiger partial charge is 0.372 e. The van der Waals surface area contributed by atoms with E-state index in [1.54, 1.807) is 11.3 Å². The molecule has 0 saturated carbocycles. The highest BCUT2D eigenvalue weighted by Gasteiger charge is 2.15. The number of hydrogen-bond acceptors (Lipinski definition) is 3. The Morgan fingerprint density at radius 3 is 3.06 bits per heavy atom. The van der Waals surface area contributed by atoms with Gasteiger partial charge in [-0.25, -0.2) is 0 Å². The minimum Gasteiger partial charge on any atom is -0.372 e. The predicted octanol–water partition coefficient (Wildman–Crippen LogP) is 2.99. The summed E-state index contributed by atoms with van der Waals surface area (Å²) >= 11 is 1.81. The molecule has 0 fully saturated rings. The lowest BCUT2D eigenvalue weighted by atomic mass is 10.1. The lowest BCUT2D eigenvalue weighted by Crippen LogP contribution is -2.34. The fourth-order valence-corrected chi connectivity index (χ4v) is 2.72. The van der Waals surface area contributed by atoms with Gasteiger partial charge < -0.3 is 5.32 Å². The van der Waals surface area contributed by atoms with Crippen molar-refractivity contribution in [3.8, 4) is 0 Å². The third kappa shape index (κ3) is 3.11. The Balaban J connectivity index is 0.00000128. The van der Waals surface area contributed by atoms with E-state index in [4.69, 9.17) is 0 Å². The van der Waals surface area contributed by atoms with E-state index in [1.165, 1.54) is 16.0 Å². The SMILES string of the molecule is C=C(C)Cc1sccc1C1NC=CCN1.Cl. The Hall–Kier alpha value is -0.770. The maximum atomic E-state index is 3.97. The van der Waals surface area contributed by atoms with Gasteiger partial charge in [0, 0.05) is 23.4 Å². The Kier molecular flexibility index (Phi) is 5.06. The predicted molar refractivity (Wildman–Crippen MR) is 73.1 cm³/mol. The number of nitrogens with one attached hydrogen (secondary N) is 2. The Morgan fingerprint density at radius 2 is 2.44 bits per heavy atom. The highest BCUT2D eigenvalue weighted by molar-refractivity contribution is 7.10. The van der Waals surface area contributed by atoms with Gasteiger partial charge in [0.25, 0.3) is 0 Å². The number of halogens is 1. The molecule has 0 saturated heterocycles. The summed E-state index contributed by atoms with van der Waals surface area (Å²) in [5.41, 5.74) is 2.57. The molecule has 2 rings (SSSR count). The molecule has 1 aromatic heterocycles. The highest BCUT2D eigenvalue weighted by atomic mass is 35.5. The molecular formula is C12H17ClN2S. The maximum Gasteiger partial charge on any atom is 0.104 e. The van der Waals surface area contributed by atoms with Crippen molar-refractivity contribution in [2.24, 2.45) is 0 Å². The molecule has 88 valence electrons. The molecule has 16 heavy (non-hydrogen) atoms. The minimum atomic E-state index is 0. The van der Waals surface area contributed by atoms with E-state index >= 15 is 0 Å². The van der Waals surface area contributed by atoms with Crippen LogP contribution in [-0.4, -0.2) is 6.54 Å². The van der Waals surface area contributed by atoms with Crippen LogP contribution in [0, 0.1) is 0 Å². The summed E-state index contributed by atoms with van der Waals surface area (Å²) < 4.78 is 0. The number of hydrogen-bond donors (Lipinski definition) is 2. The first-order chi connectivity index (χ1) is 7.27. The standard InChI is InChI=1S/C12H16N2S.ClH/c1-9(2)8-11-10(4-7-15-11)12-13-5-3-6-14-12;/h3-5,7,12-14H,1,6,8H2,2H3;1H. The molecule has 0 radical (unpaired) electrons. The average Bonchev–Trinajstić information content (AvgIpc) is 2.66. The van der Waals surface area contributed by atoms with Gasteiger partial charge >= 0.3 is 0 Å². The second-order valence-electron chi connectivity index (χ2n) is 3.84. The van der Waals surface area contributed by atoms with Crippen LogP contribution in [0.4, 0.5) is 0 Å². The van der Waals surface area contributed by atoms with Crippen LogP contribution in [0.5, 0.6) is 0 Å². The Labute approximate surface area is 107 Å². The second kappa shape index (κ2) is 6.09. The molecule has 2 heterocycles. The molecule has 0 aromatic carbocycles. The van der Waals surface area contributed by atoms with Crippen LogP contribution in [0.25, 0.3) is 0 Å². The first-order valence-corrected chi connectivity index (χ1v) is 6.00. The third-order valence-electron chi connectivity index (χ3n) is 2.37. The van der Waals surface area contributed by atoms with E-state index in [9.17, 15) is 0 Å². The summed E-state index contributed by atoms with van der Waals surface area (Å²) in [5.74, 6) is 0. The molecule has 1 atom stereocenters. The van der Waals surface area contributed by atoms with E-state index in [2.05, 4.69) is 41.7 Å². The van der Waals surface area contributed by atoms with E-state index in [0.29, 0.717) is 0 Å². The molecule has 0 amide bonds. The van der Waals surface area contributed by atoms with Gasteiger partial charge in [0.15, 0.2) is 0 Å². The van der Waals surface area contributed by atoms with Crippen molar-refractivity contribution in [2.75, 3.05) is 6.54 Å². The van der Waals surface area contributed by atoms with Crippen LogP contribution in [0.15, 0.2) is 35.9 Å². The molecule has 2 N–H and O–H groups in total. The number of rotatable bonds is 3. The van der Waals surface area contributed by atoms with Gasteiger partial charge in [-0.1, -0.05) is 18.2 Å². The third-order valence-corrected chi connectivity index (χ3v) is 3.31. The monoisotopic (exact) mass is 256 g/mol. The van der Waals surface area contributed by atoms with Gasteiger partial charge in [0.1, 0.15) is 6.17 Å². The smallest absolute Gasteiger partial charge is 0.104 e. The molecule has 0 bridgehead atoms. The zero-order valence-electron chi connectivity index (χ0n) is 9.32. The highest BCUT2D eigenvalue weighted by Crippen LogP contribution is 2.25. The zero-order valence-corrected chi connectivity index (χ0v) is 11.0. The summed E-state index contributed by atoms with van der Waals surface area (Å²) in [5, 5.41) is 8.88. The molecule has 4 heteroatoms. The summed E-state index contributed by atoms with van der Waals surface area (Å²) in [4.78, 5) is 1.41. The second-order valence-corrected chi connectivity index (χ2v) is 4.84. The van der Waals surface area contributed by atoms with Crippen LogP contribution in [0.2, 0.25) is 0 Å². The summed E-state index contributed by atoms with van der Waals surface area (Å²) in [6, 6.07) is 2.19. The normalized spacial score (nSPS) is 18.7. The molecule has 2 nitrogen and oxygen atoms in total. The van der Waals surface area contributed by atoms with Crippen molar-refractivity contribution in [3.63, 3.8) is 0 Å². The molecule has 1 aliphatic rings. The lowest BCUT2D eigenvalue weighted by Gasteiger charge is -2.22. The van der Waals surface area contributed by atoms with E-state index in [-0.39, 0.29) is 18.6 Å². The van der Waals surface area contributed by atoms with Gasteiger partial charge in [-0.15, -0.1) is 23.7 Å². The molecule has 1 aromatic rings. The van der Waals surface area contributed by atoms with Gasteiger partial charge in [0.2, 0.25) is 0 Å². The van der Waals surface area contributed by atoms with Crippen LogP contribution in [-0.2, 0) is 6.42 Å². The fourth-order valence-electron chi connectivity index (χ4n) is 1.69. The quantitative estimate of drug-likeness (QED) is 0.813. The van der Waals surface area contributed by atoms with Crippen molar-refractivity contribution in [1.29, 1.82) is 0 Å². The van der Waals surface area contributed by atoms with Crippen LogP contribution >= 0.6 is 23.7 Å². The van der Waals surface area contributed by atoms with E-state index in [0.717, 1.165) is 13.0 Å². The first kappa shape index (κ1) is 13.3. The van der Waals surface area contributed by atoms with Gasteiger partial charge in [-0.3, -0.25) is 5.32 Å². The first-order valence-electron chi connectivity index (χ1n) is 5.12. The van der Waals surface area contributed by atoms with Crippen molar-refractivity contribution in [1.82, 2.24) is 10.6 Å². The number of allylic oxidation sites excluding steroid dienone is 1. The van der Waals surface area contributed by atoms with E-state index < -0.39 is 0 Å². The molecule has 0 aliphatic carbocycles. The van der Waals surface area contributed by atoms with Crippen molar-refractivity contribution in [2.45, 2.75) is 19.5 Å². The van der Waals surface area contributed by atoms with E-state index in [1.807, 2.05) is 6.20 Å². The maximum absolute atomic E-state index is 3.97.